The highest BCUT2D eigenvalue weighted by molar-refractivity contribution is 5.75. The van der Waals surface area contributed by atoms with Crippen LogP contribution < -0.4 is 5.32 Å². The molecule has 0 fully saturated rings. The highest BCUT2D eigenvalue weighted by atomic mass is 16.5. The summed E-state index contributed by atoms with van der Waals surface area (Å²) < 4.78 is 6.70. The monoisotopic (exact) mass is 225 g/mol. The van der Waals surface area contributed by atoms with Gasteiger partial charge >= 0.3 is 5.97 Å². The van der Waals surface area contributed by atoms with E-state index < -0.39 is 0 Å². The summed E-state index contributed by atoms with van der Waals surface area (Å²) >= 11 is 0. The van der Waals surface area contributed by atoms with Gasteiger partial charge in [-0.15, -0.1) is 0 Å². The zero-order valence-corrected chi connectivity index (χ0v) is 9.85. The summed E-state index contributed by atoms with van der Waals surface area (Å²) in [5.74, 6) is -0.200. The van der Waals surface area contributed by atoms with Crippen molar-refractivity contribution in [3.63, 3.8) is 0 Å². The minimum absolute atomic E-state index is 0.200. The number of aromatic nitrogens is 2. The highest BCUT2D eigenvalue weighted by Crippen LogP contribution is 1.99. The van der Waals surface area contributed by atoms with Crippen molar-refractivity contribution in [3.05, 3.63) is 18.7 Å². The van der Waals surface area contributed by atoms with Crippen molar-refractivity contribution in [1.29, 1.82) is 0 Å². The molecule has 1 rings (SSSR count). The average molecular weight is 225 g/mol. The Morgan fingerprint density at radius 1 is 1.62 bits per heavy atom. The van der Waals surface area contributed by atoms with Crippen LogP contribution in [-0.2, 0) is 16.1 Å². The topological polar surface area (TPSA) is 56.2 Å². The lowest BCUT2D eigenvalue weighted by Crippen LogP contribution is -2.38. The zero-order chi connectivity index (χ0) is 11.8. The number of nitrogens with one attached hydrogen (secondary N) is 1. The van der Waals surface area contributed by atoms with Crippen molar-refractivity contribution in [2.75, 3.05) is 13.7 Å². The number of esters is 1. The summed E-state index contributed by atoms with van der Waals surface area (Å²) in [4.78, 5) is 15.4. The zero-order valence-electron chi connectivity index (χ0n) is 9.85. The van der Waals surface area contributed by atoms with Crippen molar-refractivity contribution in [1.82, 2.24) is 14.9 Å². The fraction of sp³-hybridized carbons (Fsp3) is 0.636. The van der Waals surface area contributed by atoms with Crippen molar-refractivity contribution in [2.45, 2.75) is 32.4 Å². The smallest absolute Gasteiger partial charge is 0.322 e. The second-order valence-electron chi connectivity index (χ2n) is 3.62. The van der Waals surface area contributed by atoms with E-state index in [1.54, 1.807) is 12.5 Å². The Kier molecular flexibility index (Phi) is 5.56. The Balaban J connectivity index is 2.40. The molecular weight excluding hydrogens is 206 g/mol. The first-order valence-corrected chi connectivity index (χ1v) is 5.55. The molecule has 1 aromatic heterocycles. The largest absolute Gasteiger partial charge is 0.468 e. The van der Waals surface area contributed by atoms with E-state index >= 15 is 0 Å². The molecule has 1 unspecified atom stereocenters. The Morgan fingerprint density at radius 2 is 2.44 bits per heavy atom. The molecule has 0 saturated carbocycles. The van der Waals surface area contributed by atoms with Gasteiger partial charge in [0.25, 0.3) is 0 Å². The molecular formula is C11H19N3O2. The second-order valence-corrected chi connectivity index (χ2v) is 3.62. The van der Waals surface area contributed by atoms with Gasteiger partial charge in [0, 0.05) is 18.9 Å². The van der Waals surface area contributed by atoms with E-state index in [-0.39, 0.29) is 12.0 Å². The minimum atomic E-state index is -0.229. The Hall–Kier alpha value is -1.36. The minimum Gasteiger partial charge on any atom is -0.468 e. The summed E-state index contributed by atoms with van der Waals surface area (Å²) in [6.45, 7) is 3.65. The van der Waals surface area contributed by atoms with Crippen LogP contribution in [0, 0.1) is 0 Å². The standard InChI is InChI=1S/C11H19N3O2/c1-3-5-13-10(11(15)16-2)4-7-14-8-6-12-9-14/h6,8-10,13H,3-5,7H2,1-2H3. The SMILES string of the molecule is CCCNC(CCn1ccnc1)C(=O)OC. The number of methoxy groups -OCH3 is 1. The van der Waals surface area contributed by atoms with Crippen molar-refractivity contribution < 1.29 is 9.53 Å². The van der Waals surface area contributed by atoms with Gasteiger partial charge in [0.1, 0.15) is 6.04 Å². The summed E-state index contributed by atoms with van der Waals surface area (Å²) in [6, 6.07) is -0.229. The molecule has 1 N–H and O–H groups in total. The first kappa shape index (κ1) is 12.7. The average Bonchev–Trinajstić information content (AvgIpc) is 2.81. The number of aryl methyl sites for hydroxylation is 1. The lowest BCUT2D eigenvalue weighted by atomic mass is 10.2. The van der Waals surface area contributed by atoms with Crippen molar-refractivity contribution in [3.8, 4) is 0 Å². The van der Waals surface area contributed by atoms with E-state index in [1.807, 2.05) is 10.8 Å². The Morgan fingerprint density at radius 3 is 3.00 bits per heavy atom. The lowest BCUT2D eigenvalue weighted by Gasteiger charge is -2.15. The van der Waals surface area contributed by atoms with Crippen LogP contribution in [0.2, 0.25) is 0 Å². The fourth-order valence-electron chi connectivity index (χ4n) is 1.46. The number of hydrogen-bond donors (Lipinski definition) is 1. The number of ether oxygens (including phenoxy) is 1. The van der Waals surface area contributed by atoms with Crippen LogP contribution >= 0.6 is 0 Å². The van der Waals surface area contributed by atoms with E-state index in [0.717, 1.165) is 19.5 Å². The molecule has 0 spiro atoms. The summed E-state index contributed by atoms with van der Waals surface area (Å²) in [6.07, 6.45) is 7.07. The molecule has 0 radical (unpaired) electrons. The van der Waals surface area contributed by atoms with Crippen LogP contribution in [-0.4, -0.2) is 35.2 Å². The van der Waals surface area contributed by atoms with Crippen LogP contribution in [0.4, 0.5) is 0 Å². The lowest BCUT2D eigenvalue weighted by molar-refractivity contribution is -0.143. The van der Waals surface area contributed by atoms with Gasteiger partial charge in [0.2, 0.25) is 0 Å². The quantitative estimate of drug-likeness (QED) is 0.698. The summed E-state index contributed by atoms with van der Waals surface area (Å²) in [5.41, 5.74) is 0. The first-order chi connectivity index (χ1) is 7.77. The molecule has 1 atom stereocenters. The van der Waals surface area contributed by atoms with Crippen LogP contribution in [0.1, 0.15) is 19.8 Å². The van der Waals surface area contributed by atoms with E-state index in [2.05, 4.69) is 17.2 Å². The van der Waals surface area contributed by atoms with E-state index in [9.17, 15) is 4.79 Å². The molecule has 1 heterocycles. The van der Waals surface area contributed by atoms with Crippen LogP contribution in [0.25, 0.3) is 0 Å². The summed E-state index contributed by atoms with van der Waals surface area (Å²) in [7, 11) is 1.42. The molecule has 16 heavy (non-hydrogen) atoms. The second kappa shape index (κ2) is 7.00. The number of carbonyl (C=O) groups is 1. The van der Waals surface area contributed by atoms with Gasteiger partial charge in [0.05, 0.1) is 13.4 Å². The van der Waals surface area contributed by atoms with Crippen LogP contribution in [0.5, 0.6) is 0 Å². The number of rotatable bonds is 7. The normalized spacial score (nSPS) is 12.4. The third-order valence-electron chi connectivity index (χ3n) is 2.36. The van der Waals surface area contributed by atoms with Crippen molar-refractivity contribution >= 4 is 5.97 Å². The molecule has 0 aliphatic carbocycles. The Labute approximate surface area is 95.8 Å². The van der Waals surface area contributed by atoms with E-state index in [4.69, 9.17) is 4.74 Å². The Bertz CT molecular complexity index is 298. The molecule has 0 aromatic carbocycles. The van der Waals surface area contributed by atoms with Gasteiger partial charge in [-0.1, -0.05) is 6.92 Å². The van der Waals surface area contributed by atoms with Gasteiger partial charge < -0.3 is 14.6 Å². The fourth-order valence-corrected chi connectivity index (χ4v) is 1.46. The third-order valence-corrected chi connectivity index (χ3v) is 2.36. The van der Waals surface area contributed by atoms with Gasteiger partial charge in [0.15, 0.2) is 0 Å². The predicted octanol–water partition coefficient (Wildman–Crippen LogP) is 0.814. The molecule has 0 amide bonds. The van der Waals surface area contributed by atoms with E-state index in [1.165, 1.54) is 7.11 Å². The molecule has 0 bridgehead atoms. The van der Waals surface area contributed by atoms with Crippen LogP contribution in [0.3, 0.4) is 0 Å². The maximum Gasteiger partial charge on any atom is 0.322 e. The van der Waals surface area contributed by atoms with Gasteiger partial charge in [-0.05, 0) is 19.4 Å². The van der Waals surface area contributed by atoms with Gasteiger partial charge in [-0.25, -0.2) is 4.98 Å². The molecule has 1 aromatic rings. The first-order valence-electron chi connectivity index (χ1n) is 5.55. The molecule has 0 saturated heterocycles. The molecule has 0 aliphatic heterocycles. The predicted molar refractivity (Wildman–Crippen MR) is 60.9 cm³/mol. The highest BCUT2D eigenvalue weighted by Gasteiger charge is 2.17. The van der Waals surface area contributed by atoms with Crippen molar-refractivity contribution in [2.24, 2.45) is 0 Å². The van der Waals surface area contributed by atoms with Crippen LogP contribution in [0.15, 0.2) is 18.7 Å². The van der Waals surface area contributed by atoms with Gasteiger partial charge in [-0.2, -0.15) is 0 Å². The van der Waals surface area contributed by atoms with E-state index in [0.29, 0.717) is 6.42 Å². The number of hydrogen-bond acceptors (Lipinski definition) is 4. The molecule has 5 heteroatoms. The molecule has 90 valence electrons. The maximum atomic E-state index is 11.5. The van der Waals surface area contributed by atoms with Gasteiger partial charge in [-0.3, -0.25) is 4.79 Å². The number of carbonyl (C=O) groups excluding carboxylic acids is 1. The number of nitrogens with zero attached hydrogens (tertiary/aromatic N) is 2. The summed E-state index contributed by atoms with van der Waals surface area (Å²) in [5, 5.41) is 3.17. The number of imidazole rings is 1. The molecule has 5 nitrogen and oxygen atoms in total. The molecule has 0 aliphatic rings. The maximum absolute atomic E-state index is 11.5. The third kappa shape index (κ3) is 4.02.